The summed E-state index contributed by atoms with van der Waals surface area (Å²) in [4.78, 5) is 0. The van der Waals surface area contributed by atoms with Gasteiger partial charge in [0, 0.05) is 6.04 Å². The molecule has 0 bridgehead atoms. The van der Waals surface area contributed by atoms with Crippen LogP contribution in [0.1, 0.15) is 62.6 Å². The van der Waals surface area contributed by atoms with Gasteiger partial charge in [0.1, 0.15) is 5.75 Å². The quantitative estimate of drug-likeness (QED) is 0.863. The van der Waals surface area contributed by atoms with Crippen LogP contribution in [0.25, 0.3) is 0 Å². The summed E-state index contributed by atoms with van der Waals surface area (Å²) in [5.41, 5.74) is 9.73. The van der Waals surface area contributed by atoms with Gasteiger partial charge in [-0.05, 0) is 75.5 Å². The summed E-state index contributed by atoms with van der Waals surface area (Å²) >= 11 is 0. The Balaban J connectivity index is 2.03. The molecule has 1 aromatic rings. The minimum Gasteiger partial charge on any atom is -0.490 e. The van der Waals surface area contributed by atoms with Crippen molar-refractivity contribution in [2.75, 3.05) is 0 Å². The average Bonchev–Trinajstić information content (AvgIpc) is 2.43. The van der Waals surface area contributed by atoms with E-state index in [0.29, 0.717) is 6.10 Å². The standard InChI is InChI=1S/C19H31NO/c1-5-16-6-8-18(9-7-16)21-19-13(2)10-17(11-14(19)3)12-15(4)20/h10-11,15-16,18H,5-9,12,20H2,1-4H3. The first-order chi connectivity index (χ1) is 9.99. The molecule has 1 fully saturated rings. The summed E-state index contributed by atoms with van der Waals surface area (Å²) in [6, 6.07) is 4.69. The number of benzene rings is 1. The maximum absolute atomic E-state index is 6.34. The van der Waals surface area contributed by atoms with E-state index in [-0.39, 0.29) is 6.04 Å². The van der Waals surface area contributed by atoms with Gasteiger partial charge in [-0.15, -0.1) is 0 Å². The van der Waals surface area contributed by atoms with Gasteiger partial charge in [-0.2, -0.15) is 0 Å². The molecule has 0 heterocycles. The van der Waals surface area contributed by atoms with Gasteiger partial charge in [-0.1, -0.05) is 25.5 Å². The van der Waals surface area contributed by atoms with Gasteiger partial charge in [0.05, 0.1) is 6.10 Å². The van der Waals surface area contributed by atoms with E-state index in [0.717, 1.165) is 18.1 Å². The number of ether oxygens (including phenoxy) is 1. The number of nitrogens with two attached hydrogens (primary N) is 1. The molecular weight excluding hydrogens is 258 g/mol. The topological polar surface area (TPSA) is 35.2 Å². The lowest BCUT2D eigenvalue weighted by atomic mass is 9.86. The molecule has 118 valence electrons. The van der Waals surface area contributed by atoms with Gasteiger partial charge in [-0.25, -0.2) is 0 Å². The Bertz CT molecular complexity index is 436. The van der Waals surface area contributed by atoms with E-state index >= 15 is 0 Å². The van der Waals surface area contributed by atoms with Crippen molar-refractivity contribution in [2.45, 2.75) is 78.4 Å². The Morgan fingerprint density at radius 2 is 1.71 bits per heavy atom. The van der Waals surface area contributed by atoms with Crippen LogP contribution in [0.3, 0.4) is 0 Å². The molecule has 21 heavy (non-hydrogen) atoms. The lowest BCUT2D eigenvalue weighted by molar-refractivity contribution is 0.128. The number of rotatable bonds is 5. The smallest absolute Gasteiger partial charge is 0.125 e. The molecule has 0 amide bonds. The molecule has 2 rings (SSSR count). The Morgan fingerprint density at radius 3 is 2.19 bits per heavy atom. The van der Waals surface area contributed by atoms with Crippen molar-refractivity contribution in [3.63, 3.8) is 0 Å². The normalized spacial score (nSPS) is 23.9. The molecule has 0 radical (unpaired) electrons. The van der Waals surface area contributed by atoms with Crippen molar-refractivity contribution in [2.24, 2.45) is 11.7 Å². The monoisotopic (exact) mass is 289 g/mol. The first-order valence-electron chi connectivity index (χ1n) is 8.52. The van der Waals surface area contributed by atoms with Crippen molar-refractivity contribution in [1.29, 1.82) is 0 Å². The summed E-state index contributed by atoms with van der Waals surface area (Å²) in [6.45, 7) is 8.67. The summed E-state index contributed by atoms with van der Waals surface area (Å²) in [7, 11) is 0. The Labute approximate surface area is 130 Å². The van der Waals surface area contributed by atoms with Crippen LogP contribution in [0.15, 0.2) is 12.1 Å². The van der Waals surface area contributed by atoms with Crippen molar-refractivity contribution in [3.05, 3.63) is 28.8 Å². The first-order valence-corrected chi connectivity index (χ1v) is 8.52. The predicted molar refractivity (Wildman–Crippen MR) is 89.9 cm³/mol. The second-order valence-corrected chi connectivity index (χ2v) is 6.91. The largest absolute Gasteiger partial charge is 0.490 e. The highest BCUT2D eigenvalue weighted by Gasteiger charge is 2.22. The molecule has 1 aliphatic carbocycles. The van der Waals surface area contributed by atoms with E-state index in [1.165, 1.54) is 48.8 Å². The van der Waals surface area contributed by atoms with Gasteiger partial charge in [-0.3, -0.25) is 0 Å². The summed E-state index contributed by atoms with van der Waals surface area (Å²) in [5.74, 6) is 2.02. The van der Waals surface area contributed by atoms with Crippen LogP contribution in [0, 0.1) is 19.8 Å². The minimum atomic E-state index is 0.208. The number of hydrogen-bond donors (Lipinski definition) is 1. The van der Waals surface area contributed by atoms with Gasteiger partial charge < -0.3 is 10.5 Å². The third-order valence-corrected chi connectivity index (χ3v) is 4.73. The van der Waals surface area contributed by atoms with Crippen molar-refractivity contribution >= 4 is 0 Å². The fourth-order valence-electron chi connectivity index (χ4n) is 3.54. The highest BCUT2D eigenvalue weighted by molar-refractivity contribution is 5.43. The van der Waals surface area contributed by atoms with Gasteiger partial charge in [0.2, 0.25) is 0 Å². The van der Waals surface area contributed by atoms with E-state index in [1.54, 1.807) is 0 Å². The Hall–Kier alpha value is -1.02. The average molecular weight is 289 g/mol. The van der Waals surface area contributed by atoms with Crippen molar-refractivity contribution < 1.29 is 4.74 Å². The van der Waals surface area contributed by atoms with Gasteiger partial charge in [0.15, 0.2) is 0 Å². The maximum atomic E-state index is 6.34. The molecular formula is C19H31NO. The molecule has 1 saturated carbocycles. The zero-order chi connectivity index (χ0) is 15.4. The molecule has 0 saturated heterocycles. The summed E-state index contributed by atoms with van der Waals surface area (Å²) < 4.78 is 6.34. The summed E-state index contributed by atoms with van der Waals surface area (Å²) in [5, 5.41) is 0. The van der Waals surface area contributed by atoms with Crippen molar-refractivity contribution in [1.82, 2.24) is 0 Å². The second kappa shape index (κ2) is 7.31. The van der Waals surface area contributed by atoms with Crippen LogP contribution >= 0.6 is 0 Å². The lowest BCUT2D eigenvalue weighted by Crippen LogP contribution is -2.24. The van der Waals surface area contributed by atoms with Crippen LogP contribution < -0.4 is 10.5 Å². The van der Waals surface area contributed by atoms with Gasteiger partial charge in [0.25, 0.3) is 0 Å². The third-order valence-electron chi connectivity index (χ3n) is 4.73. The SMILES string of the molecule is CCC1CCC(Oc2c(C)cc(CC(C)N)cc2C)CC1. The summed E-state index contributed by atoms with van der Waals surface area (Å²) in [6.07, 6.45) is 7.71. The highest BCUT2D eigenvalue weighted by Crippen LogP contribution is 2.32. The fourth-order valence-corrected chi connectivity index (χ4v) is 3.54. The predicted octanol–water partition coefficient (Wildman–Crippen LogP) is 4.54. The second-order valence-electron chi connectivity index (χ2n) is 6.91. The molecule has 1 aromatic carbocycles. The lowest BCUT2D eigenvalue weighted by Gasteiger charge is -2.29. The van der Waals surface area contributed by atoms with E-state index in [2.05, 4.69) is 39.8 Å². The Kier molecular flexibility index (Phi) is 5.69. The van der Waals surface area contributed by atoms with E-state index in [9.17, 15) is 0 Å². The highest BCUT2D eigenvalue weighted by atomic mass is 16.5. The van der Waals surface area contributed by atoms with E-state index in [1.807, 2.05) is 0 Å². The molecule has 0 aromatic heterocycles. The first kappa shape index (κ1) is 16.4. The van der Waals surface area contributed by atoms with Crippen LogP contribution in [-0.2, 0) is 6.42 Å². The van der Waals surface area contributed by atoms with Crippen LogP contribution in [0.2, 0.25) is 0 Å². The molecule has 0 spiro atoms. The molecule has 1 atom stereocenters. The number of hydrogen-bond acceptors (Lipinski definition) is 2. The molecule has 1 unspecified atom stereocenters. The zero-order valence-electron chi connectivity index (χ0n) is 14.1. The molecule has 2 heteroatoms. The maximum Gasteiger partial charge on any atom is 0.125 e. The van der Waals surface area contributed by atoms with Crippen LogP contribution in [0.5, 0.6) is 5.75 Å². The Morgan fingerprint density at radius 1 is 1.14 bits per heavy atom. The van der Waals surface area contributed by atoms with Crippen molar-refractivity contribution in [3.8, 4) is 5.75 Å². The molecule has 1 aliphatic rings. The minimum absolute atomic E-state index is 0.208. The molecule has 2 N–H and O–H groups in total. The third kappa shape index (κ3) is 4.47. The van der Waals surface area contributed by atoms with E-state index < -0.39 is 0 Å². The van der Waals surface area contributed by atoms with Crippen LogP contribution in [0.4, 0.5) is 0 Å². The van der Waals surface area contributed by atoms with E-state index in [4.69, 9.17) is 10.5 Å². The number of aryl methyl sites for hydroxylation is 2. The zero-order valence-corrected chi connectivity index (χ0v) is 14.1. The fraction of sp³-hybridized carbons (Fsp3) is 0.684. The molecule has 0 aliphatic heterocycles. The van der Waals surface area contributed by atoms with Crippen LogP contribution in [-0.4, -0.2) is 12.1 Å². The molecule has 2 nitrogen and oxygen atoms in total. The van der Waals surface area contributed by atoms with Gasteiger partial charge >= 0.3 is 0 Å².